The minimum absolute atomic E-state index is 0.173. The second kappa shape index (κ2) is 10.1. The second-order valence-corrected chi connectivity index (χ2v) is 4.34. The summed E-state index contributed by atoms with van der Waals surface area (Å²) in [5.74, 6) is 0.886. The SMILES string of the molecule is CCc1ccccc1OCCNC(=O)NCCCOC. The molecule has 1 aromatic rings. The van der Waals surface area contributed by atoms with E-state index in [0.29, 0.717) is 26.3 Å². The Hall–Kier alpha value is -1.75. The quantitative estimate of drug-likeness (QED) is 0.680. The van der Waals surface area contributed by atoms with Crippen molar-refractivity contribution in [2.45, 2.75) is 19.8 Å². The van der Waals surface area contributed by atoms with E-state index >= 15 is 0 Å². The number of rotatable bonds is 9. The number of aryl methyl sites for hydroxylation is 1. The number of carbonyl (C=O) groups excluding carboxylic acids is 1. The van der Waals surface area contributed by atoms with Crippen LogP contribution in [0.5, 0.6) is 5.75 Å². The largest absolute Gasteiger partial charge is 0.491 e. The van der Waals surface area contributed by atoms with Crippen LogP contribution in [0.2, 0.25) is 0 Å². The normalized spacial score (nSPS) is 10.1. The molecule has 0 saturated heterocycles. The fourth-order valence-electron chi connectivity index (χ4n) is 1.74. The maximum absolute atomic E-state index is 11.4. The van der Waals surface area contributed by atoms with E-state index in [1.165, 1.54) is 5.56 Å². The molecule has 0 bridgehead atoms. The van der Waals surface area contributed by atoms with Gasteiger partial charge in [-0.15, -0.1) is 0 Å². The first-order valence-corrected chi connectivity index (χ1v) is 6.99. The molecule has 1 aromatic carbocycles. The van der Waals surface area contributed by atoms with Crippen LogP contribution in [0.3, 0.4) is 0 Å². The molecule has 0 spiro atoms. The highest BCUT2D eigenvalue weighted by Crippen LogP contribution is 2.17. The Morgan fingerprint density at radius 3 is 2.65 bits per heavy atom. The zero-order valence-electron chi connectivity index (χ0n) is 12.3. The number of carbonyl (C=O) groups is 1. The number of nitrogens with one attached hydrogen (secondary N) is 2. The van der Waals surface area contributed by atoms with Gasteiger partial charge in [-0.25, -0.2) is 4.79 Å². The predicted octanol–water partition coefficient (Wildman–Crippen LogP) is 1.96. The summed E-state index contributed by atoms with van der Waals surface area (Å²) in [5, 5.41) is 5.50. The summed E-state index contributed by atoms with van der Waals surface area (Å²) in [6.07, 6.45) is 1.74. The highest BCUT2D eigenvalue weighted by atomic mass is 16.5. The molecule has 20 heavy (non-hydrogen) atoms. The van der Waals surface area contributed by atoms with Gasteiger partial charge in [-0.3, -0.25) is 0 Å². The summed E-state index contributed by atoms with van der Waals surface area (Å²) >= 11 is 0. The zero-order chi connectivity index (χ0) is 14.6. The Labute approximate surface area is 120 Å². The molecule has 1 rings (SSSR count). The van der Waals surface area contributed by atoms with Crippen LogP contribution < -0.4 is 15.4 Å². The number of methoxy groups -OCH3 is 1. The lowest BCUT2D eigenvalue weighted by Crippen LogP contribution is -2.38. The number of ether oxygens (including phenoxy) is 2. The van der Waals surface area contributed by atoms with Crippen LogP contribution in [-0.2, 0) is 11.2 Å². The third-order valence-electron chi connectivity index (χ3n) is 2.81. The monoisotopic (exact) mass is 280 g/mol. The van der Waals surface area contributed by atoms with Crippen molar-refractivity contribution >= 4 is 6.03 Å². The van der Waals surface area contributed by atoms with Crippen LogP contribution in [0, 0.1) is 0 Å². The summed E-state index contributed by atoms with van der Waals surface area (Å²) in [6.45, 7) is 4.29. The number of benzene rings is 1. The first-order chi connectivity index (χ1) is 9.77. The van der Waals surface area contributed by atoms with E-state index < -0.39 is 0 Å². The third-order valence-corrected chi connectivity index (χ3v) is 2.81. The molecule has 0 unspecified atom stereocenters. The molecular formula is C15H24N2O3. The molecule has 0 aromatic heterocycles. The summed E-state index contributed by atoms with van der Waals surface area (Å²) in [5.41, 5.74) is 1.18. The van der Waals surface area contributed by atoms with Gasteiger partial charge in [-0.05, 0) is 24.5 Å². The van der Waals surface area contributed by atoms with Crippen molar-refractivity contribution in [3.8, 4) is 5.75 Å². The van der Waals surface area contributed by atoms with E-state index in [4.69, 9.17) is 9.47 Å². The van der Waals surface area contributed by atoms with Crippen molar-refractivity contribution in [1.82, 2.24) is 10.6 Å². The highest BCUT2D eigenvalue weighted by Gasteiger charge is 2.01. The summed E-state index contributed by atoms with van der Waals surface area (Å²) < 4.78 is 10.6. The standard InChI is InChI=1S/C15H24N2O3/c1-3-13-7-4-5-8-14(13)20-12-10-17-15(18)16-9-6-11-19-2/h4-5,7-8H,3,6,9-12H2,1-2H3,(H2,16,17,18). The van der Waals surface area contributed by atoms with E-state index in [2.05, 4.69) is 17.6 Å². The van der Waals surface area contributed by atoms with E-state index in [9.17, 15) is 4.79 Å². The molecule has 112 valence electrons. The molecule has 2 amide bonds. The molecule has 0 aliphatic carbocycles. The Balaban J connectivity index is 2.13. The second-order valence-electron chi connectivity index (χ2n) is 4.34. The predicted molar refractivity (Wildman–Crippen MR) is 79.2 cm³/mol. The zero-order valence-corrected chi connectivity index (χ0v) is 12.3. The molecule has 0 radical (unpaired) electrons. The van der Waals surface area contributed by atoms with Gasteiger partial charge in [0.05, 0.1) is 6.54 Å². The fraction of sp³-hybridized carbons (Fsp3) is 0.533. The van der Waals surface area contributed by atoms with Gasteiger partial charge in [0.2, 0.25) is 0 Å². The van der Waals surface area contributed by atoms with Crippen LogP contribution in [-0.4, -0.2) is 39.4 Å². The molecule has 5 nitrogen and oxygen atoms in total. The maximum atomic E-state index is 11.4. The molecule has 0 heterocycles. The highest BCUT2D eigenvalue weighted by molar-refractivity contribution is 5.73. The molecule has 0 fully saturated rings. The van der Waals surface area contributed by atoms with Gasteiger partial charge in [-0.1, -0.05) is 25.1 Å². The molecule has 2 N–H and O–H groups in total. The topological polar surface area (TPSA) is 59.6 Å². The molecule has 0 saturated carbocycles. The first-order valence-electron chi connectivity index (χ1n) is 6.99. The number of para-hydroxylation sites is 1. The smallest absolute Gasteiger partial charge is 0.314 e. The minimum Gasteiger partial charge on any atom is -0.491 e. The van der Waals surface area contributed by atoms with Crippen molar-refractivity contribution in [3.63, 3.8) is 0 Å². The van der Waals surface area contributed by atoms with Crippen molar-refractivity contribution < 1.29 is 14.3 Å². The number of amides is 2. The third kappa shape index (κ3) is 6.43. The molecule has 5 heteroatoms. The van der Waals surface area contributed by atoms with E-state index in [-0.39, 0.29) is 6.03 Å². The number of urea groups is 1. The van der Waals surface area contributed by atoms with Crippen LogP contribution in [0.1, 0.15) is 18.9 Å². The molecule has 0 aliphatic heterocycles. The summed E-state index contributed by atoms with van der Waals surface area (Å²) in [6, 6.07) is 7.77. The molecular weight excluding hydrogens is 256 g/mol. The van der Waals surface area contributed by atoms with Gasteiger partial charge >= 0.3 is 6.03 Å². The lowest BCUT2D eigenvalue weighted by molar-refractivity contribution is 0.193. The first kappa shape index (κ1) is 16.3. The number of hydrogen-bond donors (Lipinski definition) is 2. The Kier molecular flexibility index (Phi) is 8.22. The summed E-state index contributed by atoms with van der Waals surface area (Å²) in [7, 11) is 1.64. The number of hydrogen-bond acceptors (Lipinski definition) is 3. The summed E-state index contributed by atoms with van der Waals surface area (Å²) in [4.78, 5) is 11.4. The lowest BCUT2D eigenvalue weighted by Gasteiger charge is -2.11. The Morgan fingerprint density at radius 2 is 1.90 bits per heavy atom. The van der Waals surface area contributed by atoms with Crippen LogP contribution >= 0.6 is 0 Å². The van der Waals surface area contributed by atoms with Gasteiger partial charge in [-0.2, -0.15) is 0 Å². The van der Waals surface area contributed by atoms with Gasteiger partial charge in [0.25, 0.3) is 0 Å². The molecule has 0 aliphatic rings. The fourth-order valence-corrected chi connectivity index (χ4v) is 1.74. The van der Waals surface area contributed by atoms with E-state index in [1.54, 1.807) is 7.11 Å². The lowest BCUT2D eigenvalue weighted by atomic mass is 10.1. The van der Waals surface area contributed by atoms with Gasteiger partial charge in [0.15, 0.2) is 0 Å². The Morgan fingerprint density at radius 1 is 1.15 bits per heavy atom. The average molecular weight is 280 g/mol. The van der Waals surface area contributed by atoms with Crippen molar-refractivity contribution in [3.05, 3.63) is 29.8 Å². The average Bonchev–Trinajstić information content (AvgIpc) is 2.48. The van der Waals surface area contributed by atoms with Crippen molar-refractivity contribution in [2.75, 3.05) is 33.4 Å². The van der Waals surface area contributed by atoms with Gasteiger partial charge in [0.1, 0.15) is 12.4 Å². The van der Waals surface area contributed by atoms with E-state index in [1.807, 2.05) is 24.3 Å². The van der Waals surface area contributed by atoms with Crippen molar-refractivity contribution in [2.24, 2.45) is 0 Å². The maximum Gasteiger partial charge on any atom is 0.314 e. The van der Waals surface area contributed by atoms with Crippen LogP contribution in [0.25, 0.3) is 0 Å². The van der Waals surface area contributed by atoms with Gasteiger partial charge in [0, 0.05) is 20.3 Å². The van der Waals surface area contributed by atoms with E-state index in [0.717, 1.165) is 18.6 Å². The minimum atomic E-state index is -0.173. The Bertz CT molecular complexity index is 396. The van der Waals surface area contributed by atoms with Crippen LogP contribution in [0.15, 0.2) is 24.3 Å². The van der Waals surface area contributed by atoms with Gasteiger partial charge < -0.3 is 20.1 Å². The van der Waals surface area contributed by atoms with Crippen LogP contribution in [0.4, 0.5) is 4.79 Å². The van der Waals surface area contributed by atoms with Crippen molar-refractivity contribution in [1.29, 1.82) is 0 Å². The molecule has 0 atom stereocenters.